The number of nitrogens with zero attached hydrogens (tertiary/aromatic N) is 4. The molecule has 0 bridgehead atoms. The zero-order chi connectivity index (χ0) is 50.3. The average molecular weight is 987 g/mol. The van der Waals surface area contributed by atoms with Crippen LogP contribution in [0.2, 0.25) is 5.15 Å². The Morgan fingerprint density at radius 1 is 0.629 bits per heavy atom. The molecule has 0 radical (unpaired) electrons. The number of aromatic nitrogens is 4. The van der Waals surface area contributed by atoms with Gasteiger partial charge in [-0.15, -0.1) is 17.6 Å². The fourth-order valence-corrected chi connectivity index (χ4v) is 7.90. The minimum Gasteiger partial charge on any atom is -0.481 e. The summed E-state index contributed by atoms with van der Waals surface area (Å²) in [6.07, 6.45) is -1.96. The smallest absolute Gasteiger partial charge is 0.481 e. The second-order valence-corrected chi connectivity index (χ2v) is 17.2. The van der Waals surface area contributed by atoms with Gasteiger partial charge >= 0.3 is 19.7 Å². The lowest BCUT2D eigenvalue weighted by molar-refractivity contribution is -0.287. The van der Waals surface area contributed by atoms with E-state index in [-0.39, 0.29) is 34.8 Å². The molecule has 0 saturated heterocycles. The molecule has 2 fully saturated rings. The topological polar surface area (TPSA) is 206 Å². The lowest BCUT2D eigenvalue weighted by atomic mass is 9.82. The van der Waals surface area contributed by atoms with Crippen molar-refractivity contribution in [3.63, 3.8) is 0 Å². The minimum atomic E-state index is -3.70. The van der Waals surface area contributed by atoms with Crippen LogP contribution in [0.5, 0.6) is 34.8 Å². The van der Waals surface area contributed by atoms with Crippen molar-refractivity contribution >= 4 is 47.6 Å². The molecule has 2 amide bonds. The van der Waals surface area contributed by atoms with E-state index in [0.29, 0.717) is 76.5 Å². The van der Waals surface area contributed by atoms with E-state index in [2.05, 4.69) is 49.5 Å². The van der Waals surface area contributed by atoms with Crippen molar-refractivity contribution in [1.82, 2.24) is 19.9 Å². The first-order valence-corrected chi connectivity index (χ1v) is 21.9. The third kappa shape index (κ3) is 10.4. The van der Waals surface area contributed by atoms with Gasteiger partial charge in [0.25, 0.3) is 0 Å². The van der Waals surface area contributed by atoms with E-state index in [0.717, 1.165) is 27.8 Å². The number of amides is 2. The summed E-state index contributed by atoms with van der Waals surface area (Å²) in [6, 6.07) is 19.2. The maximum atomic E-state index is 13.4. The van der Waals surface area contributed by atoms with Crippen LogP contribution in [-0.4, -0.2) is 75.7 Å². The number of ether oxygens (including phenoxy) is 6. The number of alkyl halides is 4. The SMILES string of the molecule is COc1ccc(-c2nc(NC(=O)C3(c4ccc5c(c4)OC(F)(F)O5)CC3)cc(C)c2C)cn1.COc1ccc(B(O)O)cn1.Cc1cc(NC(=O)C2(c3ccc4c(c3)OC(F)(F)O4)CC2)nc(Cl)c1C. The molecule has 0 spiro atoms. The lowest BCUT2D eigenvalue weighted by Gasteiger charge is -2.17. The highest BCUT2D eigenvalue weighted by molar-refractivity contribution is 6.58. The predicted molar refractivity (Wildman–Crippen MR) is 247 cm³/mol. The molecule has 10 rings (SSSR count). The van der Waals surface area contributed by atoms with Gasteiger partial charge in [-0.2, -0.15) is 0 Å². The largest absolute Gasteiger partial charge is 0.586 e. The highest BCUT2D eigenvalue weighted by Crippen LogP contribution is 2.54. The van der Waals surface area contributed by atoms with Crippen LogP contribution >= 0.6 is 11.6 Å². The number of carbonyl (C=O) groups excluding carboxylic acids is 2. The maximum absolute atomic E-state index is 13.4. The summed E-state index contributed by atoms with van der Waals surface area (Å²) in [7, 11) is 1.58. The number of nitrogens with one attached hydrogen (secondary N) is 2. The number of methoxy groups -OCH3 is 2. The number of pyridine rings is 4. The molecule has 16 nitrogen and oxygen atoms in total. The van der Waals surface area contributed by atoms with Crippen molar-refractivity contribution in [2.24, 2.45) is 0 Å². The van der Waals surface area contributed by atoms with Gasteiger partial charge in [-0.25, -0.2) is 19.9 Å². The van der Waals surface area contributed by atoms with E-state index >= 15 is 0 Å². The first-order valence-electron chi connectivity index (χ1n) is 21.6. The van der Waals surface area contributed by atoms with Gasteiger partial charge in [0.15, 0.2) is 23.0 Å². The van der Waals surface area contributed by atoms with Crippen LogP contribution in [-0.2, 0) is 20.4 Å². The second kappa shape index (κ2) is 18.9. The number of fused-ring (bicyclic) bond motifs is 2. The number of halogens is 5. The van der Waals surface area contributed by atoms with Gasteiger partial charge in [-0.1, -0.05) is 29.8 Å². The minimum absolute atomic E-state index is 0.0439. The summed E-state index contributed by atoms with van der Waals surface area (Å²) in [5.74, 6) is 0.982. The number of rotatable bonds is 10. The Balaban J connectivity index is 0.000000158. The van der Waals surface area contributed by atoms with Gasteiger partial charge in [-0.3, -0.25) is 9.59 Å². The van der Waals surface area contributed by atoms with Crippen molar-refractivity contribution in [2.75, 3.05) is 24.9 Å². The molecule has 6 heterocycles. The van der Waals surface area contributed by atoms with Gasteiger partial charge in [0.05, 0.1) is 30.7 Å². The average Bonchev–Trinajstić information content (AvgIpc) is 4.25. The molecule has 22 heteroatoms. The molecule has 4 N–H and O–H groups in total. The standard InChI is InChI=1S/C24H21F2N3O4.C18H15ClF2N2O3.C6H8BNO3/c1-13-10-19(28-21(14(13)2)15-4-7-20(31-3)27-12-15)29-22(30)23(8-9-23)16-5-6-17-18(11-16)33-24(25,26)32-17;1-9-7-14(22-15(19)10(9)2)23-16(24)17(5-6-17)11-3-4-12-13(8-11)26-18(20,21)25-12;1-11-6-3-2-5(4-8-6)7(9)10/h4-7,10-12H,8-9H2,1-3H3,(H,28,29,30);3-4,7-8H,5-6H2,1-2H3,(H,22,23,24);2-4,9-10H,1H3. The van der Waals surface area contributed by atoms with E-state index in [1.54, 1.807) is 43.6 Å². The normalized spacial score (nSPS) is 16.3. The van der Waals surface area contributed by atoms with Crippen molar-refractivity contribution in [2.45, 2.75) is 76.8 Å². The van der Waals surface area contributed by atoms with Crippen molar-refractivity contribution < 1.29 is 65.6 Å². The zero-order valence-corrected chi connectivity index (χ0v) is 39.1. The monoisotopic (exact) mass is 986 g/mol. The zero-order valence-electron chi connectivity index (χ0n) is 38.3. The Morgan fingerprint density at radius 3 is 1.50 bits per heavy atom. The van der Waals surface area contributed by atoms with Gasteiger partial charge in [0.1, 0.15) is 16.8 Å². The fraction of sp³-hybridized carbons (Fsp3) is 0.292. The van der Waals surface area contributed by atoms with E-state index in [1.807, 2.05) is 39.8 Å². The molecule has 364 valence electrons. The van der Waals surface area contributed by atoms with Crippen LogP contribution < -0.4 is 44.5 Å². The molecule has 0 unspecified atom stereocenters. The summed E-state index contributed by atoms with van der Waals surface area (Å²) < 4.78 is 80.9. The summed E-state index contributed by atoms with van der Waals surface area (Å²) in [4.78, 5) is 42.9. The van der Waals surface area contributed by atoms with Crippen LogP contribution in [0.3, 0.4) is 0 Å². The third-order valence-electron chi connectivity index (χ3n) is 12.3. The summed E-state index contributed by atoms with van der Waals surface area (Å²) in [5.41, 5.74) is 5.14. The Bertz CT molecular complexity index is 2960. The number of hydrogen-bond acceptors (Lipinski definition) is 14. The quantitative estimate of drug-likeness (QED) is 0.0586. The Labute approximate surface area is 403 Å². The van der Waals surface area contributed by atoms with Gasteiger partial charge in [0, 0.05) is 29.5 Å². The number of benzene rings is 2. The molecule has 2 aromatic carbocycles. The third-order valence-corrected chi connectivity index (χ3v) is 12.6. The Morgan fingerprint density at radius 2 is 1.09 bits per heavy atom. The van der Waals surface area contributed by atoms with Crippen molar-refractivity contribution in [1.29, 1.82) is 0 Å². The molecule has 6 aromatic rings. The van der Waals surface area contributed by atoms with E-state index in [9.17, 15) is 27.2 Å². The predicted octanol–water partition coefficient (Wildman–Crippen LogP) is 7.87. The van der Waals surface area contributed by atoms with E-state index in [1.165, 1.54) is 43.6 Å². The Kier molecular flexibility index (Phi) is 13.3. The van der Waals surface area contributed by atoms with Crippen LogP contribution in [0.4, 0.5) is 29.2 Å². The summed E-state index contributed by atoms with van der Waals surface area (Å²) in [6.45, 7) is 7.63. The lowest BCUT2D eigenvalue weighted by Crippen LogP contribution is -2.29. The van der Waals surface area contributed by atoms with Crippen molar-refractivity contribution in [3.05, 3.63) is 124 Å². The summed E-state index contributed by atoms with van der Waals surface area (Å²) in [5, 5.41) is 23.3. The number of hydrogen-bond donors (Lipinski definition) is 4. The molecule has 4 aliphatic rings. The molecule has 2 aliphatic carbocycles. The summed E-state index contributed by atoms with van der Waals surface area (Å²) >= 11 is 6.08. The van der Waals surface area contributed by atoms with E-state index in [4.69, 9.17) is 31.1 Å². The highest BCUT2D eigenvalue weighted by atomic mass is 35.5. The number of carbonyl (C=O) groups is 2. The molecule has 2 aliphatic heterocycles. The molecule has 2 saturated carbocycles. The number of aryl methyl sites for hydroxylation is 2. The van der Waals surface area contributed by atoms with Gasteiger partial charge in [0.2, 0.25) is 23.6 Å². The second-order valence-electron chi connectivity index (χ2n) is 16.9. The maximum Gasteiger partial charge on any atom is 0.586 e. The van der Waals surface area contributed by atoms with Crippen molar-refractivity contribution in [3.8, 4) is 46.0 Å². The first kappa shape index (κ1) is 49.2. The van der Waals surface area contributed by atoms with Crippen LogP contribution in [0.25, 0.3) is 11.3 Å². The molecular weight excluding hydrogens is 943 g/mol. The molecule has 0 atom stereocenters. The van der Waals surface area contributed by atoms with Crippen LogP contribution in [0.15, 0.2) is 85.2 Å². The molecule has 70 heavy (non-hydrogen) atoms. The van der Waals surface area contributed by atoms with Crippen LogP contribution in [0.1, 0.15) is 59.1 Å². The first-order chi connectivity index (χ1) is 33.1. The highest BCUT2D eigenvalue weighted by Gasteiger charge is 2.54. The van der Waals surface area contributed by atoms with Crippen LogP contribution in [0, 0.1) is 27.7 Å². The molecule has 4 aromatic heterocycles. The Hall–Kier alpha value is -7.23. The van der Waals surface area contributed by atoms with Gasteiger partial charge < -0.3 is 49.1 Å². The number of anilines is 2. The van der Waals surface area contributed by atoms with E-state index < -0.39 is 30.5 Å². The fourth-order valence-electron chi connectivity index (χ4n) is 7.66. The van der Waals surface area contributed by atoms with Gasteiger partial charge in [-0.05, 0) is 135 Å². The molecular formula is C48H44BClF4N6O10.